The van der Waals surface area contributed by atoms with E-state index in [0.717, 1.165) is 0 Å². The number of carbonyl (C=O) groups excluding carboxylic acids is 1. The smallest absolute Gasteiger partial charge is 0.312 e. The summed E-state index contributed by atoms with van der Waals surface area (Å²) in [6, 6.07) is 1.60. The number of rotatable bonds is 2. The van der Waals surface area contributed by atoms with Crippen LogP contribution < -0.4 is 0 Å². The second kappa shape index (κ2) is 7.73. The highest BCUT2D eigenvalue weighted by Crippen LogP contribution is 2.35. The molecule has 5 atom stereocenters. The summed E-state index contributed by atoms with van der Waals surface area (Å²) in [4.78, 5) is 12.1. The molecule has 0 bridgehead atoms. The van der Waals surface area contributed by atoms with E-state index in [-0.39, 0.29) is 25.2 Å². The second-order valence-corrected chi connectivity index (χ2v) is 6.24. The van der Waals surface area contributed by atoms with Gasteiger partial charge in [0.1, 0.15) is 30.5 Å². The van der Waals surface area contributed by atoms with Crippen molar-refractivity contribution in [3.05, 3.63) is 0 Å². The van der Waals surface area contributed by atoms with Gasteiger partial charge in [-0.05, 0) is 26.2 Å². The van der Waals surface area contributed by atoms with Crippen LogP contribution in [0.4, 0.5) is 13.2 Å². The Labute approximate surface area is 134 Å². The molecule has 0 aromatic rings. The Bertz CT molecular complexity index is 524. The summed E-state index contributed by atoms with van der Waals surface area (Å²) >= 11 is 0. The van der Waals surface area contributed by atoms with Gasteiger partial charge in [-0.25, -0.2) is 13.2 Å². The van der Waals surface area contributed by atoms with E-state index in [1.54, 1.807) is 13.0 Å². The van der Waals surface area contributed by atoms with Gasteiger partial charge in [-0.2, -0.15) is 5.26 Å². The molecular weight excluding hydrogens is 307 g/mol. The third kappa shape index (κ3) is 4.19. The molecule has 0 N–H and O–H groups in total. The Morgan fingerprint density at radius 1 is 1.09 bits per heavy atom. The molecule has 0 radical (unpaired) electrons. The van der Waals surface area contributed by atoms with Crippen molar-refractivity contribution in [2.24, 2.45) is 17.8 Å². The normalized spacial score (nSPS) is 40.4. The topological polar surface area (TPSA) is 50.1 Å². The first-order valence-electron chi connectivity index (χ1n) is 7.90. The lowest BCUT2D eigenvalue weighted by atomic mass is 9.80. The molecule has 23 heavy (non-hydrogen) atoms. The monoisotopic (exact) mass is 327 g/mol. The third-order valence-electron chi connectivity index (χ3n) is 4.61. The summed E-state index contributed by atoms with van der Waals surface area (Å²) < 4.78 is 46.7. The largest absolute Gasteiger partial charge is 0.462 e. The van der Waals surface area contributed by atoms with Crippen molar-refractivity contribution in [1.29, 1.82) is 5.26 Å². The first-order chi connectivity index (χ1) is 11.0. The predicted molar refractivity (Wildman–Crippen MR) is 77.2 cm³/mol. The molecule has 2 aliphatic rings. The zero-order valence-electron chi connectivity index (χ0n) is 13.0. The van der Waals surface area contributed by atoms with Gasteiger partial charge in [0.25, 0.3) is 0 Å². The van der Waals surface area contributed by atoms with Crippen LogP contribution in [0.15, 0.2) is 0 Å². The van der Waals surface area contributed by atoms with Crippen LogP contribution in [0.2, 0.25) is 0 Å². The van der Waals surface area contributed by atoms with Gasteiger partial charge in [0.05, 0.1) is 12.0 Å². The lowest BCUT2D eigenvalue weighted by Gasteiger charge is -2.33. The number of esters is 1. The van der Waals surface area contributed by atoms with Crippen molar-refractivity contribution in [2.45, 2.75) is 63.6 Å². The minimum atomic E-state index is -1.67. The third-order valence-corrected chi connectivity index (χ3v) is 4.61. The molecule has 0 aromatic carbocycles. The summed E-state index contributed by atoms with van der Waals surface area (Å²) in [6.45, 7) is 1.69. The number of nitrogens with zero attached hydrogens (tertiary/aromatic N) is 1. The number of halogens is 3. The summed E-state index contributed by atoms with van der Waals surface area (Å²) in [5, 5.41) is 8.71. The molecule has 5 unspecified atom stereocenters. The van der Waals surface area contributed by atoms with E-state index in [2.05, 4.69) is 11.8 Å². The first-order valence-corrected chi connectivity index (χ1v) is 7.90. The number of ether oxygens (including phenoxy) is 1. The van der Waals surface area contributed by atoms with Gasteiger partial charge in [0, 0.05) is 18.8 Å². The van der Waals surface area contributed by atoms with Gasteiger partial charge in [-0.1, -0.05) is 0 Å². The number of alkyl halides is 3. The van der Waals surface area contributed by atoms with Crippen LogP contribution in [-0.2, 0) is 9.53 Å². The van der Waals surface area contributed by atoms with Crippen LogP contribution in [-0.4, -0.2) is 30.6 Å². The molecule has 0 aliphatic heterocycles. The fraction of sp³-hybridized carbons (Fsp3) is 0.765. The molecule has 6 heteroatoms. The fourth-order valence-corrected chi connectivity index (χ4v) is 3.34. The minimum absolute atomic E-state index is 0.0597. The van der Waals surface area contributed by atoms with Gasteiger partial charge in [0.2, 0.25) is 0 Å². The molecule has 2 fully saturated rings. The average molecular weight is 327 g/mol. The zero-order chi connectivity index (χ0) is 17.0. The zero-order valence-corrected chi connectivity index (χ0v) is 13.0. The molecular formula is C17H20F3NO2. The molecule has 2 saturated carbocycles. The fourth-order valence-electron chi connectivity index (χ4n) is 3.34. The molecule has 0 aromatic heterocycles. The SMILES string of the molecule is CC#CC1CCC(C(=O)OC2CC(F)C(C#N)C(F)C2)C(F)C1. The molecule has 2 rings (SSSR count). The van der Waals surface area contributed by atoms with Crippen molar-refractivity contribution in [2.75, 3.05) is 0 Å². The summed E-state index contributed by atoms with van der Waals surface area (Å²) in [6.07, 6.45) is -4.92. The van der Waals surface area contributed by atoms with Gasteiger partial charge in [0.15, 0.2) is 0 Å². The molecule has 126 valence electrons. The summed E-state index contributed by atoms with van der Waals surface area (Å²) in [5.41, 5.74) is 0. The van der Waals surface area contributed by atoms with E-state index in [1.165, 1.54) is 0 Å². The molecule has 0 spiro atoms. The van der Waals surface area contributed by atoms with Crippen molar-refractivity contribution in [1.82, 2.24) is 0 Å². The highest BCUT2D eigenvalue weighted by molar-refractivity contribution is 5.73. The van der Waals surface area contributed by atoms with Crippen molar-refractivity contribution in [3.8, 4) is 17.9 Å². The Morgan fingerprint density at radius 2 is 1.74 bits per heavy atom. The highest BCUT2D eigenvalue weighted by atomic mass is 19.1. The standard InChI is InChI=1S/C17H20F3NO2/c1-2-3-10-4-5-12(14(18)6-10)17(22)23-11-7-15(19)13(9-21)16(20)8-11/h10-16H,4-8H2,1H3. The van der Waals surface area contributed by atoms with Gasteiger partial charge in [-0.3, -0.25) is 4.79 Å². The number of hydrogen-bond acceptors (Lipinski definition) is 3. The van der Waals surface area contributed by atoms with E-state index in [1.807, 2.05) is 0 Å². The summed E-state index contributed by atoms with van der Waals surface area (Å²) in [5.74, 6) is 2.64. The number of carbonyl (C=O) groups is 1. The quantitative estimate of drug-likeness (QED) is 0.578. The highest BCUT2D eigenvalue weighted by Gasteiger charge is 2.42. The number of hydrogen-bond donors (Lipinski definition) is 0. The van der Waals surface area contributed by atoms with Crippen molar-refractivity contribution < 1.29 is 22.7 Å². The lowest BCUT2D eigenvalue weighted by molar-refractivity contribution is -0.162. The van der Waals surface area contributed by atoms with Crippen LogP contribution >= 0.6 is 0 Å². The van der Waals surface area contributed by atoms with Gasteiger partial charge in [-0.15, -0.1) is 11.8 Å². The van der Waals surface area contributed by atoms with Crippen molar-refractivity contribution in [3.63, 3.8) is 0 Å². The number of nitriles is 1. The van der Waals surface area contributed by atoms with Crippen LogP contribution in [0.5, 0.6) is 0 Å². The average Bonchev–Trinajstić information content (AvgIpc) is 2.47. The minimum Gasteiger partial charge on any atom is -0.462 e. The lowest BCUT2D eigenvalue weighted by Crippen LogP contribution is -2.41. The van der Waals surface area contributed by atoms with Crippen LogP contribution in [0.1, 0.15) is 39.0 Å². The van der Waals surface area contributed by atoms with E-state index >= 15 is 0 Å². The Balaban J connectivity index is 1.90. The maximum atomic E-state index is 14.1. The predicted octanol–water partition coefficient (Wildman–Crippen LogP) is 3.29. The maximum absolute atomic E-state index is 14.1. The summed E-state index contributed by atoms with van der Waals surface area (Å²) in [7, 11) is 0. The molecule has 0 saturated heterocycles. The van der Waals surface area contributed by atoms with E-state index in [9.17, 15) is 18.0 Å². The van der Waals surface area contributed by atoms with Crippen LogP contribution in [0.25, 0.3) is 0 Å². The Hall–Kier alpha value is -1.69. The van der Waals surface area contributed by atoms with E-state index < -0.39 is 42.4 Å². The second-order valence-electron chi connectivity index (χ2n) is 6.24. The van der Waals surface area contributed by atoms with Gasteiger partial charge >= 0.3 is 5.97 Å². The Morgan fingerprint density at radius 3 is 2.26 bits per heavy atom. The molecule has 2 aliphatic carbocycles. The van der Waals surface area contributed by atoms with Crippen LogP contribution in [0, 0.1) is 40.9 Å². The van der Waals surface area contributed by atoms with E-state index in [4.69, 9.17) is 10.00 Å². The molecule has 3 nitrogen and oxygen atoms in total. The maximum Gasteiger partial charge on any atom is 0.312 e. The van der Waals surface area contributed by atoms with Crippen molar-refractivity contribution >= 4 is 5.97 Å². The van der Waals surface area contributed by atoms with Crippen LogP contribution in [0.3, 0.4) is 0 Å². The van der Waals surface area contributed by atoms with Gasteiger partial charge < -0.3 is 4.74 Å². The molecule has 0 heterocycles. The molecule has 0 amide bonds. The van der Waals surface area contributed by atoms with E-state index in [0.29, 0.717) is 12.8 Å². The Kier molecular flexibility index (Phi) is 5.93. The first kappa shape index (κ1) is 17.7.